The molecule has 4 fully saturated rings. The van der Waals surface area contributed by atoms with E-state index in [0.717, 1.165) is 32.1 Å². The normalized spacial score (nSPS) is 40.2. The number of aliphatic hydroxyl groups excluding tert-OH is 2. The molecule has 1 amide bonds. The first kappa shape index (κ1) is 29.0. The van der Waals surface area contributed by atoms with Crippen molar-refractivity contribution >= 4 is 28.3 Å². The lowest BCUT2D eigenvalue weighted by Gasteiger charge is -2.62. The second kappa shape index (κ2) is 11.1. The summed E-state index contributed by atoms with van der Waals surface area (Å²) in [6, 6.07) is 0. The Morgan fingerprint density at radius 3 is 2.56 bits per heavy atom. The maximum atomic E-state index is 12.8. The Morgan fingerprint density at radius 1 is 1.10 bits per heavy atom. The molecule has 0 bridgehead atoms. The summed E-state index contributed by atoms with van der Waals surface area (Å²) in [5.74, 6) is 2.41. The maximum Gasteiger partial charge on any atom is 0.350 e. The molecule has 0 aromatic carbocycles. The Balaban J connectivity index is 1.20. The minimum Gasteiger partial charge on any atom is -0.462 e. The van der Waals surface area contributed by atoms with Crippen molar-refractivity contribution in [2.75, 3.05) is 11.9 Å². The smallest absolute Gasteiger partial charge is 0.350 e. The molecular weight excluding hydrogens is 512 g/mol. The zero-order chi connectivity index (χ0) is 28.1. The Kier molecular flexibility index (Phi) is 8.22. The van der Waals surface area contributed by atoms with Crippen molar-refractivity contribution in [3.05, 3.63) is 10.6 Å². The predicted molar refractivity (Wildman–Crippen MR) is 152 cm³/mol. The minimum atomic E-state index is -0.394. The van der Waals surface area contributed by atoms with Gasteiger partial charge in [-0.2, -0.15) is 0 Å². The SMILES string of the molecule is CCOC(=O)c1sc(NC(=O)CC[C@@H](C)[C@@H]2CC[C@@H]3[C@H]4[C@@H](CC[C@@]32C)[C@@]2(C)CC[C@@H](O)C[C@@H]2C[C@@H]4O)nc1C. The second-order valence-electron chi connectivity index (χ2n) is 13.7. The van der Waals surface area contributed by atoms with Gasteiger partial charge in [-0.05, 0) is 118 Å². The lowest BCUT2D eigenvalue weighted by molar-refractivity contribution is -0.174. The van der Waals surface area contributed by atoms with E-state index in [1.54, 1.807) is 13.8 Å². The van der Waals surface area contributed by atoms with Gasteiger partial charge >= 0.3 is 5.97 Å². The van der Waals surface area contributed by atoms with Crippen LogP contribution in [0.1, 0.15) is 107 Å². The Labute approximate surface area is 237 Å². The van der Waals surface area contributed by atoms with Crippen molar-refractivity contribution < 1.29 is 24.5 Å². The summed E-state index contributed by atoms with van der Waals surface area (Å²) < 4.78 is 5.08. The lowest BCUT2D eigenvalue weighted by atomic mass is 9.43. The van der Waals surface area contributed by atoms with E-state index in [0.29, 0.717) is 64.2 Å². The molecule has 3 N–H and O–H groups in total. The van der Waals surface area contributed by atoms with Crippen molar-refractivity contribution in [1.82, 2.24) is 4.98 Å². The number of aliphatic hydroxyl groups is 2. The van der Waals surface area contributed by atoms with E-state index >= 15 is 0 Å². The van der Waals surface area contributed by atoms with Gasteiger partial charge in [0, 0.05) is 6.42 Å². The topological polar surface area (TPSA) is 109 Å². The van der Waals surface area contributed by atoms with Crippen LogP contribution >= 0.6 is 11.3 Å². The molecule has 0 saturated heterocycles. The monoisotopic (exact) mass is 560 g/mol. The van der Waals surface area contributed by atoms with Crippen LogP contribution in [0.5, 0.6) is 0 Å². The zero-order valence-electron chi connectivity index (χ0n) is 24.4. The van der Waals surface area contributed by atoms with Crippen LogP contribution in [0.15, 0.2) is 0 Å². The average molecular weight is 561 g/mol. The molecular formula is C31H48N2O5S. The molecule has 0 unspecified atom stereocenters. The zero-order valence-corrected chi connectivity index (χ0v) is 25.2. The molecule has 0 aliphatic heterocycles. The molecule has 4 aliphatic rings. The standard InChI is InChI=1S/C31H48N2O5S/c1-6-38-28(37)27-18(3)32-29(39-27)33-25(36)10-7-17(2)21-8-9-22-26-23(12-14-31(21,22)5)30(4)13-11-20(34)15-19(30)16-24(26)35/h17,19-24,26,34-35H,6-16H2,1-5H3,(H,32,33,36)/t17-,19-,20-,21+,22-,23-,24+,26+,30+,31-/m1/s1. The van der Waals surface area contributed by atoms with E-state index in [4.69, 9.17) is 4.74 Å². The summed E-state index contributed by atoms with van der Waals surface area (Å²) in [7, 11) is 0. The van der Waals surface area contributed by atoms with Gasteiger partial charge < -0.3 is 20.3 Å². The number of amides is 1. The minimum absolute atomic E-state index is 0.0597. The number of nitrogens with zero attached hydrogens (tertiary/aromatic N) is 1. The van der Waals surface area contributed by atoms with Gasteiger partial charge in [-0.15, -0.1) is 0 Å². The third kappa shape index (κ3) is 5.19. The Bertz CT molecular complexity index is 1080. The van der Waals surface area contributed by atoms with Gasteiger partial charge in [0.05, 0.1) is 24.5 Å². The van der Waals surface area contributed by atoms with Gasteiger partial charge in [0.1, 0.15) is 4.88 Å². The quantitative estimate of drug-likeness (QED) is 0.354. The Hall–Kier alpha value is -1.51. The summed E-state index contributed by atoms with van der Waals surface area (Å²) >= 11 is 1.17. The molecule has 4 aliphatic carbocycles. The van der Waals surface area contributed by atoms with Gasteiger partial charge in [0.2, 0.25) is 5.91 Å². The first-order valence-electron chi connectivity index (χ1n) is 15.3. The van der Waals surface area contributed by atoms with Crippen LogP contribution < -0.4 is 5.32 Å². The number of aryl methyl sites for hydroxylation is 1. The van der Waals surface area contributed by atoms with Crippen molar-refractivity contribution in [2.45, 2.75) is 111 Å². The van der Waals surface area contributed by atoms with E-state index in [-0.39, 0.29) is 28.9 Å². The van der Waals surface area contributed by atoms with E-state index < -0.39 is 5.97 Å². The molecule has 1 aromatic rings. The fourth-order valence-corrected chi connectivity index (χ4v) is 10.6. The largest absolute Gasteiger partial charge is 0.462 e. The molecule has 7 nitrogen and oxygen atoms in total. The van der Waals surface area contributed by atoms with Gasteiger partial charge in [-0.1, -0.05) is 32.1 Å². The Morgan fingerprint density at radius 2 is 1.82 bits per heavy atom. The summed E-state index contributed by atoms with van der Waals surface area (Å²) in [4.78, 5) is 29.7. The first-order chi connectivity index (χ1) is 18.5. The number of thiazole rings is 1. The van der Waals surface area contributed by atoms with Crippen LogP contribution in [0, 0.1) is 53.3 Å². The molecule has 39 heavy (non-hydrogen) atoms. The number of carbonyl (C=O) groups is 2. The van der Waals surface area contributed by atoms with Crippen molar-refractivity contribution in [2.24, 2.45) is 46.3 Å². The highest BCUT2D eigenvalue weighted by Gasteiger charge is 2.62. The van der Waals surface area contributed by atoms with E-state index in [1.807, 2.05) is 0 Å². The third-order valence-electron chi connectivity index (χ3n) is 11.7. The number of carbonyl (C=O) groups excluding carboxylic acids is 2. The van der Waals surface area contributed by atoms with E-state index in [9.17, 15) is 19.8 Å². The summed E-state index contributed by atoms with van der Waals surface area (Å²) in [5, 5.41) is 25.1. The van der Waals surface area contributed by atoms with Gasteiger partial charge in [-0.3, -0.25) is 4.79 Å². The number of nitrogens with one attached hydrogen (secondary N) is 1. The summed E-state index contributed by atoms with van der Waals surface area (Å²) in [5.41, 5.74) is 1.03. The molecule has 1 aromatic heterocycles. The number of fused-ring (bicyclic) bond motifs is 5. The van der Waals surface area contributed by atoms with Gasteiger partial charge in [-0.25, -0.2) is 9.78 Å². The average Bonchev–Trinajstić information content (AvgIpc) is 3.43. The van der Waals surface area contributed by atoms with Gasteiger partial charge in [0.25, 0.3) is 0 Å². The van der Waals surface area contributed by atoms with Crippen LogP contribution in [0.4, 0.5) is 5.13 Å². The number of aromatic nitrogens is 1. The van der Waals surface area contributed by atoms with Crippen molar-refractivity contribution in [3.63, 3.8) is 0 Å². The van der Waals surface area contributed by atoms with Crippen molar-refractivity contribution in [3.8, 4) is 0 Å². The highest BCUT2D eigenvalue weighted by Crippen LogP contribution is 2.68. The number of hydrogen-bond acceptors (Lipinski definition) is 7. The number of ether oxygens (including phenoxy) is 1. The van der Waals surface area contributed by atoms with Gasteiger partial charge in [0.15, 0.2) is 5.13 Å². The fraction of sp³-hybridized carbons (Fsp3) is 0.839. The van der Waals surface area contributed by atoms with Crippen LogP contribution in [0.2, 0.25) is 0 Å². The number of rotatable bonds is 7. The van der Waals surface area contributed by atoms with E-state index in [1.165, 1.54) is 37.0 Å². The maximum absolute atomic E-state index is 12.8. The van der Waals surface area contributed by atoms with E-state index in [2.05, 4.69) is 31.1 Å². The highest BCUT2D eigenvalue weighted by atomic mass is 32.1. The molecule has 1 heterocycles. The number of esters is 1. The molecule has 218 valence electrons. The fourth-order valence-electron chi connectivity index (χ4n) is 9.75. The molecule has 8 heteroatoms. The van der Waals surface area contributed by atoms with Crippen LogP contribution in [0.3, 0.4) is 0 Å². The van der Waals surface area contributed by atoms with Crippen molar-refractivity contribution in [1.29, 1.82) is 0 Å². The number of hydrogen-bond donors (Lipinski definition) is 3. The first-order valence-corrected chi connectivity index (χ1v) is 16.1. The second-order valence-corrected chi connectivity index (χ2v) is 14.7. The van der Waals surface area contributed by atoms with Crippen LogP contribution in [-0.2, 0) is 9.53 Å². The highest BCUT2D eigenvalue weighted by molar-refractivity contribution is 7.17. The molecule has 5 rings (SSSR count). The summed E-state index contributed by atoms with van der Waals surface area (Å²) in [6.07, 6.45) is 9.21. The summed E-state index contributed by atoms with van der Waals surface area (Å²) in [6.45, 7) is 11.1. The molecule has 4 saturated carbocycles. The molecule has 10 atom stereocenters. The lowest BCUT2D eigenvalue weighted by Crippen LogP contribution is -2.58. The van der Waals surface area contributed by atoms with Crippen LogP contribution in [-0.4, -0.2) is 45.9 Å². The predicted octanol–water partition coefficient (Wildman–Crippen LogP) is 5.97. The van der Waals surface area contributed by atoms with Crippen LogP contribution in [0.25, 0.3) is 0 Å². The third-order valence-corrected chi connectivity index (χ3v) is 12.8. The molecule has 0 radical (unpaired) electrons. The molecule has 0 spiro atoms. The number of anilines is 1.